The minimum Gasteiger partial charge on any atom is -0.486 e. The highest BCUT2D eigenvalue weighted by Gasteiger charge is 2.17. The molecule has 0 N–H and O–H groups in total. The molecule has 0 saturated heterocycles. The van der Waals surface area contributed by atoms with E-state index in [4.69, 9.17) is 20.8 Å². The summed E-state index contributed by atoms with van der Waals surface area (Å²) in [7, 11) is 0. The number of halogens is 2. The molecule has 0 unspecified atom stereocenters. The molecule has 172 valence electrons. The molecule has 3 heterocycles. The number of para-hydroxylation sites is 1. The molecule has 5 rings (SSSR count). The number of hydrogen-bond donors (Lipinski definition) is 0. The zero-order valence-electron chi connectivity index (χ0n) is 17.9. The fourth-order valence-corrected chi connectivity index (χ4v) is 4.67. The molecule has 0 spiro atoms. The Balaban J connectivity index is 1.27. The molecule has 0 atom stereocenters. The van der Waals surface area contributed by atoms with Crippen molar-refractivity contribution in [2.45, 2.75) is 18.0 Å². The molecule has 0 aliphatic carbocycles. The molecule has 0 radical (unpaired) electrons. The van der Waals surface area contributed by atoms with Crippen LogP contribution in [0.25, 0.3) is 27.9 Å². The molecule has 0 bridgehead atoms. The highest BCUT2D eigenvalue weighted by molar-refractivity contribution is 7.99. The molecule has 9 heteroatoms. The number of nitrogens with zero attached hydrogens (tertiary/aromatic N) is 3. The van der Waals surface area contributed by atoms with Gasteiger partial charge in [0.1, 0.15) is 11.4 Å². The molecule has 2 aromatic carbocycles. The van der Waals surface area contributed by atoms with Crippen molar-refractivity contribution in [2.24, 2.45) is 0 Å². The summed E-state index contributed by atoms with van der Waals surface area (Å²) in [6.45, 7) is 0.338. The zero-order chi connectivity index (χ0) is 23.5. The summed E-state index contributed by atoms with van der Waals surface area (Å²) in [5, 5.41) is 10.1. The number of hydrogen-bond acceptors (Lipinski definition) is 6. The van der Waals surface area contributed by atoms with Gasteiger partial charge in [-0.2, -0.15) is 0 Å². The molecule has 5 aromatic rings. The lowest BCUT2D eigenvalue weighted by molar-refractivity contribution is 0.302. The first-order valence-corrected chi connectivity index (χ1v) is 12.0. The van der Waals surface area contributed by atoms with E-state index in [9.17, 15) is 9.18 Å². The van der Waals surface area contributed by atoms with Crippen molar-refractivity contribution in [2.75, 3.05) is 12.4 Å². The van der Waals surface area contributed by atoms with Crippen LogP contribution in [-0.2, 0) is 0 Å². The van der Waals surface area contributed by atoms with Gasteiger partial charge in [-0.1, -0.05) is 35.5 Å². The topological polar surface area (TPSA) is 69.6 Å². The van der Waals surface area contributed by atoms with Gasteiger partial charge in [-0.15, -0.1) is 10.2 Å². The summed E-state index contributed by atoms with van der Waals surface area (Å²) in [6, 6.07) is 16.4. The average molecular weight is 496 g/mol. The van der Waals surface area contributed by atoms with E-state index in [1.165, 1.54) is 12.1 Å². The Bertz CT molecular complexity index is 1520. The predicted octanol–water partition coefficient (Wildman–Crippen LogP) is 6.25. The van der Waals surface area contributed by atoms with Crippen LogP contribution in [0.3, 0.4) is 0 Å². The Morgan fingerprint density at radius 3 is 2.71 bits per heavy atom. The van der Waals surface area contributed by atoms with Gasteiger partial charge < -0.3 is 9.15 Å². The maximum atomic E-state index is 13.4. The second kappa shape index (κ2) is 9.87. The fourth-order valence-electron chi connectivity index (χ4n) is 3.55. The number of thioether (sulfide) groups is 1. The van der Waals surface area contributed by atoms with Gasteiger partial charge in [-0.25, -0.2) is 4.39 Å². The van der Waals surface area contributed by atoms with Gasteiger partial charge in [0.25, 0.3) is 0 Å². The van der Waals surface area contributed by atoms with Gasteiger partial charge >= 0.3 is 0 Å². The van der Waals surface area contributed by atoms with Crippen LogP contribution in [-0.4, -0.2) is 27.0 Å². The Kier molecular flexibility index (Phi) is 6.51. The molecule has 6 nitrogen and oxygen atoms in total. The number of pyridine rings is 1. The third-order valence-electron chi connectivity index (χ3n) is 5.23. The van der Waals surface area contributed by atoms with Gasteiger partial charge in [-0.3, -0.25) is 9.20 Å². The first-order valence-electron chi connectivity index (χ1n) is 10.7. The third-order valence-corrected chi connectivity index (χ3v) is 6.56. The Morgan fingerprint density at radius 2 is 1.85 bits per heavy atom. The maximum absolute atomic E-state index is 13.4. The van der Waals surface area contributed by atoms with Crippen molar-refractivity contribution in [1.82, 2.24) is 14.6 Å². The summed E-state index contributed by atoms with van der Waals surface area (Å²) < 4.78 is 27.2. The van der Waals surface area contributed by atoms with E-state index in [2.05, 4.69) is 10.2 Å². The van der Waals surface area contributed by atoms with Crippen molar-refractivity contribution < 1.29 is 13.5 Å². The SMILES string of the molecule is O=c1c(OCCCCSc2nnc3c(Cl)cccn23)c(-c2ccc(F)cc2)oc2ccccc12. The van der Waals surface area contributed by atoms with Crippen LogP contribution >= 0.6 is 23.4 Å². The maximum Gasteiger partial charge on any atom is 0.235 e. The standard InChI is InChI=1S/C25H19ClFN3O3S/c26-19-7-5-13-30-24(19)28-29-25(30)34-15-4-3-14-32-23-21(31)18-6-1-2-8-20(18)33-22(23)16-9-11-17(27)12-10-16/h1-2,5-13H,3-4,14-15H2. The summed E-state index contributed by atoms with van der Waals surface area (Å²) >= 11 is 7.72. The summed E-state index contributed by atoms with van der Waals surface area (Å²) in [6.07, 6.45) is 3.44. The number of fused-ring (bicyclic) bond motifs is 2. The van der Waals surface area contributed by atoms with E-state index in [0.29, 0.717) is 39.6 Å². The molecule has 0 saturated carbocycles. The second-order valence-corrected chi connectivity index (χ2v) is 9.00. The lowest BCUT2D eigenvalue weighted by Crippen LogP contribution is -2.11. The van der Waals surface area contributed by atoms with Crippen LogP contribution < -0.4 is 10.2 Å². The van der Waals surface area contributed by atoms with Crippen LogP contribution in [0.5, 0.6) is 5.75 Å². The molecule has 34 heavy (non-hydrogen) atoms. The van der Waals surface area contributed by atoms with Crippen molar-refractivity contribution >= 4 is 40.0 Å². The quantitative estimate of drug-likeness (QED) is 0.187. The molecular weight excluding hydrogens is 477 g/mol. The van der Waals surface area contributed by atoms with Crippen molar-refractivity contribution in [1.29, 1.82) is 0 Å². The minimum atomic E-state index is -0.366. The number of ether oxygens (including phenoxy) is 1. The second-order valence-electron chi connectivity index (χ2n) is 7.53. The monoisotopic (exact) mass is 495 g/mol. The van der Waals surface area contributed by atoms with E-state index >= 15 is 0 Å². The first-order chi connectivity index (χ1) is 16.6. The smallest absolute Gasteiger partial charge is 0.235 e. The van der Waals surface area contributed by atoms with Crippen LogP contribution in [0.4, 0.5) is 4.39 Å². The third kappa shape index (κ3) is 4.51. The summed E-state index contributed by atoms with van der Waals surface area (Å²) in [4.78, 5) is 13.1. The number of benzene rings is 2. The van der Waals surface area contributed by atoms with Gasteiger partial charge in [0.15, 0.2) is 16.6 Å². The molecule has 0 fully saturated rings. The number of aromatic nitrogens is 3. The van der Waals surface area contributed by atoms with Crippen LogP contribution in [0, 0.1) is 5.82 Å². The van der Waals surface area contributed by atoms with Crippen LogP contribution in [0.2, 0.25) is 5.02 Å². The normalized spacial score (nSPS) is 11.4. The Labute approximate surface area is 203 Å². The lowest BCUT2D eigenvalue weighted by Gasteiger charge is -2.11. The van der Waals surface area contributed by atoms with E-state index in [1.54, 1.807) is 54.2 Å². The van der Waals surface area contributed by atoms with E-state index in [1.807, 2.05) is 16.7 Å². The van der Waals surface area contributed by atoms with Gasteiger partial charge in [0.2, 0.25) is 11.2 Å². The summed E-state index contributed by atoms with van der Waals surface area (Å²) in [5.74, 6) is 0.865. The predicted molar refractivity (Wildman–Crippen MR) is 131 cm³/mol. The van der Waals surface area contributed by atoms with Crippen molar-refractivity contribution in [3.05, 3.63) is 87.9 Å². The summed E-state index contributed by atoms with van der Waals surface area (Å²) in [5.41, 5.74) is 1.41. The molecule has 3 aromatic heterocycles. The van der Waals surface area contributed by atoms with E-state index in [-0.39, 0.29) is 17.0 Å². The average Bonchev–Trinajstić information content (AvgIpc) is 3.27. The molecular formula is C25H19ClFN3O3S. The highest BCUT2D eigenvalue weighted by atomic mass is 35.5. The zero-order valence-corrected chi connectivity index (χ0v) is 19.5. The van der Waals surface area contributed by atoms with Crippen molar-refractivity contribution in [3.63, 3.8) is 0 Å². The van der Waals surface area contributed by atoms with E-state index in [0.717, 1.165) is 23.8 Å². The molecule has 0 amide bonds. The van der Waals surface area contributed by atoms with Gasteiger partial charge in [0.05, 0.1) is 17.0 Å². The van der Waals surface area contributed by atoms with E-state index < -0.39 is 0 Å². The molecule has 0 aliphatic rings. The first kappa shape index (κ1) is 22.4. The van der Waals surface area contributed by atoms with Crippen LogP contribution in [0.15, 0.2) is 81.2 Å². The fraction of sp³-hybridized carbons (Fsp3) is 0.160. The highest BCUT2D eigenvalue weighted by Crippen LogP contribution is 2.31. The van der Waals surface area contributed by atoms with Crippen LogP contribution in [0.1, 0.15) is 12.8 Å². The Hall–Kier alpha value is -3.36. The van der Waals surface area contributed by atoms with Gasteiger partial charge in [-0.05, 0) is 61.4 Å². The number of unbranched alkanes of at least 4 members (excludes halogenated alkanes) is 1. The van der Waals surface area contributed by atoms with Crippen molar-refractivity contribution in [3.8, 4) is 17.1 Å². The Morgan fingerprint density at radius 1 is 1.03 bits per heavy atom. The van der Waals surface area contributed by atoms with Gasteiger partial charge in [0, 0.05) is 17.5 Å². The molecule has 0 aliphatic heterocycles. The lowest BCUT2D eigenvalue weighted by atomic mass is 10.1. The number of rotatable bonds is 8. The largest absolute Gasteiger partial charge is 0.486 e. The minimum absolute atomic E-state index is 0.135.